The molecule has 0 atom stereocenters. The Morgan fingerprint density at radius 3 is 2.89 bits per heavy atom. The van der Waals surface area contributed by atoms with Crippen molar-refractivity contribution >= 4 is 11.6 Å². The lowest BCUT2D eigenvalue weighted by atomic mass is 10.2. The van der Waals surface area contributed by atoms with E-state index in [4.69, 9.17) is 26.0 Å². The van der Waals surface area contributed by atoms with Crippen molar-refractivity contribution in [2.45, 2.75) is 6.54 Å². The van der Waals surface area contributed by atoms with E-state index < -0.39 is 0 Å². The Balaban J connectivity index is 2.14. The lowest BCUT2D eigenvalue weighted by Crippen LogP contribution is -2.82. The summed E-state index contributed by atoms with van der Waals surface area (Å²) in [5.74, 6) is 2.22. The number of ether oxygens (including phenoxy) is 1. The number of hydrogen-bond acceptors (Lipinski definition) is 3. The molecular weight excluding hydrogens is 264 g/mol. The smallest absolute Gasteiger partial charge is 0.163 e. The predicted molar refractivity (Wildman–Crippen MR) is 71.8 cm³/mol. The Bertz CT molecular complexity index is 602. The largest absolute Gasteiger partial charge is 0.495 e. The van der Waals surface area contributed by atoms with Gasteiger partial charge in [-0.05, 0) is 30.3 Å². The summed E-state index contributed by atoms with van der Waals surface area (Å²) in [5.41, 5.74) is 0.900. The van der Waals surface area contributed by atoms with Crippen LogP contribution in [0.25, 0.3) is 11.3 Å². The summed E-state index contributed by atoms with van der Waals surface area (Å²) in [4.78, 5) is 0. The molecule has 0 radical (unpaired) electrons. The zero-order valence-electron chi connectivity index (χ0n) is 10.5. The topological polar surface area (TPSA) is 62.8 Å². The second-order valence-corrected chi connectivity index (χ2v) is 4.38. The second kappa shape index (κ2) is 6.28. The van der Waals surface area contributed by atoms with Crippen molar-refractivity contribution in [1.82, 2.24) is 0 Å². The van der Waals surface area contributed by atoms with Crippen molar-refractivity contribution in [2.75, 3.05) is 13.7 Å². The van der Waals surface area contributed by atoms with Crippen LogP contribution < -0.4 is 10.1 Å². The third kappa shape index (κ3) is 3.28. The monoisotopic (exact) mass is 277 g/mol. The molecule has 4 nitrogen and oxygen atoms in total. The van der Waals surface area contributed by atoms with Crippen LogP contribution in [0.3, 0.4) is 0 Å². The number of hydrogen-bond donors (Lipinski definition) is 1. The summed E-state index contributed by atoms with van der Waals surface area (Å²) >= 11 is 6.08. The summed E-state index contributed by atoms with van der Waals surface area (Å²) in [6, 6.07) is 11.4. The van der Waals surface area contributed by atoms with Gasteiger partial charge in [0, 0.05) is 5.56 Å². The number of furan rings is 1. The van der Waals surface area contributed by atoms with Crippen LogP contribution in [0.4, 0.5) is 0 Å². The highest BCUT2D eigenvalue weighted by atomic mass is 35.5. The number of nitriles is 1. The normalized spacial score (nSPS) is 10.2. The molecule has 2 rings (SSSR count). The van der Waals surface area contributed by atoms with Crippen LogP contribution in [0.5, 0.6) is 5.75 Å². The average molecular weight is 278 g/mol. The summed E-state index contributed by atoms with van der Waals surface area (Å²) in [6.45, 7) is 1.07. The molecule has 0 unspecified atom stereocenters. The van der Waals surface area contributed by atoms with Gasteiger partial charge in [-0.3, -0.25) is 0 Å². The second-order valence-electron chi connectivity index (χ2n) is 3.97. The Morgan fingerprint density at radius 2 is 2.21 bits per heavy atom. The molecule has 1 aromatic heterocycles. The minimum Gasteiger partial charge on any atom is -0.495 e. The summed E-state index contributed by atoms with van der Waals surface area (Å²) in [7, 11) is 1.58. The van der Waals surface area contributed by atoms with Crippen LogP contribution in [0.2, 0.25) is 5.02 Å². The lowest BCUT2D eigenvalue weighted by molar-refractivity contribution is -0.662. The molecule has 1 heterocycles. The van der Waals surface area contributed by atoms with Gasteiger partial charge in [0.1, 0.15) is 24.1 Å². The van der Waals surface area contributed by atoms with Crippen LogP contribution in [-0.4, -0.2) is 13.7 Å². The zero-order valence-corrected chi connectivity index (χ0v) is 11.3. The van der Waals surface area contributed by atoms with Crippen LogP contribution >= 0.6 is 11.6 Å². The van der Waals surface area contributed by atoms with E-state index in [2.05, 4.69) is 6.07 Å². The SMILES string of the molecule is COc1ccc(-c2ccc(C[NH2+]CC#N)o2)cc1Cl. The van der Waals surface area contributed by atoms with E-state index in [0.29, 0.717) is 23.9 Å². The first-order chi connectivity index (χ1) is 9.24. The van der Waals surface area contributed by atoms with Gasteiger partial charge < -0.3 is 14.5 Å². The van der Waals surface area contributed by atoms with Crippen molar-refractivity contribution in [3.8, 4) is 23.1 Å². The van der Waals surface area contributed by atoms with Crippen molar-refractivity contribution in [3.63, 3.8) is 0 Å². The molecule has 0 aliphatic heterocycles. The van der Waals surface area contributed by atoms with E-state index in [1.807, 2.05) is 35.6 Å². The van der Waals surface area contributed by atoms with Crippen LogP contribution in [0.1, 0.15) is 5.76 Å². The first-order valence-corrected chi connectivity index (χ1v) is 6.23. The minimum absolute atomic E-state index is 0.421. The Morgan fingerprint density at radius 1 is 1.37 bits per heavy atom. The van der Waals surface area contributed by atoms with Gasteiger partial charge in [-0.1, -0.05) is 11.6 Å². The molecule has 2 N–H and O–H groups in total. The van der Waals surface area contributed by atoms with Gasteiger partial charge in [-0.15, -0.1) is 0 Å². The molecule has 19 heavy (non-hydrogen) atoms. The van der Waals surface area contributed by atoms with E-state index in [9.17, 15) is 0 Å². The van der Waals surface area contributed by atoms with Crippen molar-refractivity contribution < 1.29 is 14.5 Å². The molecule has 98 valence electrons. The van der Waals surface area contributed by atoms with Gasteiger partial charge in [-0.2, -0.15) is 5.26 Å². The number of benzene rings is 1. The van der Waals surface area contributed by atoms with Crippen LogP contribution in [-0.2, 0) is 6.54 Å². The Kier molecular flexibility index (Phi) is 4.45. The molecule has 0 bridgehead atoms. The summed E-state index contributed by atoms with van der Waals surface area (Å²) in [6.07, 6.45) is 0. The van der Waals surface area contributed by atoms with Gasteiger partial charge in [0.2, 0.25) is 0 Å². The molecule has 0 aliphatic rings. The van der Waals surface area contributed by atoms with Gasteiger partial charge >= 0.3 is 0 Å². The molecule has 0 fully saturated rings. The molecule has 2 aromatic rings. The van der Waals surface area contributed by atoms with Crippen LogP contribution in [0.15, 0.2) is 34.7 Å². The van der Waals surface area contributed by atoms with E-state index in [1.54, 1.807) is 7.11 Å². The molecule has 0 aliphatic carbocycles. The molecule has 1 aromatic carbocycles. The van der Waals surface area contributed by atoms with Crippen molar-refractivity contribution in [2.24, 2.45) is 0 Å². The molecule has 0 spiro atoms. The fraction of sp³-hybridized carbons (Fsp3) is 0.214. The highest BCUT2D eigenvalue weighted by molar-refractivity contribution is 6.32. The van der Waals surface area contributed by atoms with E-state index in [0.717, 1.165) is 17.1 Å². The van der Waals surface area contributed by atoms with Crippen molar-refractivity contribution in [3.05, 3.63) is 41.1 Å². The molecule has 5 heteroatoms. The molecule has 0 saturated carbocycles. The first-order valence-electron chi connectivity index (χ1n) is 5.86. The predicted octanol–water partition coefficient (Wildman–Crippen LogP) is 2.20. The minimum atomic E-state index is 0.421. The zero-order chi connectivity index (χ0) is 13.7. The fourth-order valence-electron chi connectivity index (χ4n) is 1.74. The van der Waals surface area contributed by atoms with Gasteiger partial charge in [-0.25, -0.2) is 0 Å². The van der Waals surface area contributed by atoms with Gasteiger partial charge in [0.25, 0.3) is 0 Å². The maximum Gasteiger partial charge on any atom is 0.163 e. The third-order valence-corrected chi connectivity index (χ3v) is 2.97. The number of quaternary nitrogens is 1. The highest BCUT2D eigenvalue weighted by Crippen LogP contribution is 2.30. The van der Waals surface area contributed by atoms with Crippen LogP contribution in [0, 0.1) is 11.3 Å². The maximum atomic E-state index is 8.47. The molecule has 0 saturated heterocycles. The number of rotatable bonds is 5. The number of nitrogens with two attached hydrogens (primary N) is 1. The Hall–Kier alpha value is -1.96. The average Bonchev–Trinajstić information content (AvgIpc) is 2.88. The fourth-order valence-corrected chi connectivity index (χ4v) is 2.00. The van der Waals surface area contributed by atoms with E-state index in [1.165, 1.54) is 0 Å². The van der Waals surface area contributed by atoms with Crippen molar-refractivity contribution in [1.29, 1.82) is 5.26 Å². The summed E-state index contributed by atoms with van der Waals surface area (Å²) in [5, 5.41) is 10.9. The maximum absolute atomic E-state index is 8.47. The van der Waals surface area contributed by atoms with E-state index in [-0.39, 0.29) is 0 Å². The molecular formula is C14H14ClN2O2+. The third-order valence-electron chi connectivity index (χ3n) is 2.68. The quantitative estimate of drug-likeness (QED) is 0.673. The standard InChI is InChI=1S/C14H13ClN2O2/c1-18-14-4-2-10(8-12(14)15)13-5-3-11(19-13)9-17-7-6-16/h2-5,8,17H,7,9H2,1H3/p+1. The van der Waals surface area contributed by atoms with E-state index >= 15 is 0 Å². The van der Waals surface area contributed by atoms with Gasteiger partial charge in [0.05, 0.1) is 12.1 Å². The summed E-state index contributed by atoms with van der Waals surface area (Å²) < 4.78 is 10.8. The Labute approximate surface area is 116 Å². The van der Waals surface area contributed by atoms with Gasteiger partial charge in [0.15, 0.2) is 12.3 Å². The number of methoxy groups -OCH3 is 1. The number of nitrogens with zero attached hydrogens (tertiary/aromatic N) is 1. The number of halogens is 1. The lowest BCUT2D eigenvalue weighted by Gasteiger charge is -2.04. The highest BCUT2D eigenvalue weighted by Gasteiger charge is 2.08. The first kappa shape index (κ1) is 13.5. The molecule has 0 amide bonds.